The molecule has 154 valence electrons. The van der Waals surface area contributed by atoms with Crippen LogP contribution in [0.25, 0.3) is 16.8 Å². The molecular formula is C22H19FN8. The number of nitrogens with one attached hydrogen (secondary N) is 2. The van der Waals surface area contributed by atoms with Gasteiger partial charge in [0.2, 0.25) is 5.95 Å². The van der Waals surface area contributed by atoms with E-state index in [0.717, 1.165) is 41.0 Å². The van der Waals surface area contributed by atoms with Crippen LogP contribution in [0.5, 0.6) is 0 Å². The van der Waals surface area contributed by atoms with E-state index in [4.69, 9.17) is 0 Å². The summed E-state index contributed by atoms with van der Waals surface area (Å²) in [6, 6.07) is 5.32. The average molecular weight is 414 g/mol. The SMILES string of the molecule is Cc1ncc(-c2cnc(NCc3c(F)ccc4c3CCN4)n3cc(C#N)nc23)c(C)n1. The summed E-state index contributed by atoms with van der Waals surface area (Å²) in [4.78, 5) is 17.7. The first-order chi connectivity index (χ1) is 15.0. The van der Waals surface area contributed by atoms with Gasteiger partial charge in [0.25, 0.3) is 0 Å². The fourth-order valence-electron chi connectivity index (χ4n) is 4.00. The van der Waals surface area contributed by atoms with E-state index >= 15 is 0 Å². The second-order valence-electron chi connectivity index (χ2n) is 7.43. The molecule has 31 heavy (non-hydrogen) atoms. The van der Waals surface area contributed by atoms with E-state index in [1.807, 2.05) is 13.8 Å². The molecule has 0 amide bonds. The second-order valence-corrected chi connectivity index (χ2v) is 7.43. The van der Waals surface area contributed by atoms with Gasteiger partial charge >= 0.3 is 0 Å². The van der Waals surface area contributed by atoms with E-state index in [1.165, 1.54) is 6.07 Å². The number of aryl methyl sites for hydroxylation is 2. The summed E-state index contributed by atoms with van der Waals surface area (Å²) < 4.78 is 16.2. The third-order valence-electron chi connectivity index (χ3n) is 5.48. The summed E-state index contributed by atoms with van der Waals surface area (Å²) >= 11 is 0. The minimum Gasteiger partial charge on any atom is -0.384 e. The fraction of sp³-hybridized carbons (Fsp3) is 0.227. The van der Waals surface area contributed by atoms with Crippen LogP contribution in [0.2, 0.25) is 0 Å². The predicted octanol–water partition coefficient (Wildman–Crippen LogP) is 3.39. The Morgan fingerprint density at radius 1 is 1.19 bits per heavy atom. The van der Waals surface area contributed by atoms with Crippen molar-refractivity contribution in [1.82, 2.24) is 24.3 Å². The van der Waals surface area contributed by atoms with Gasteiger partial charge < -0.3 is 10.6 Å². The van der Waals surface area contributed by atoms with Gasteiger partial charge in [0, 0.05) is 53.6 Å². The first-order valence-electron chi connectivity index (χ1n) is 9.92. The lowest BCUT2D eigenvalue weighted by Crippen LogP contribution is -2.10. The lowest BCUT2D eigenvalue weighted by Gasteiger charge is -2.14. The zero-order valence-corrected chi connectivity index (χ0v) is 17.1. The Morgan fingerprint density at radius 2 is 2.03 bits per heavy atom. The first-order valence-corrected chi connectivity index (χ1v) is 9.92. The van der Waals surface area contributed by atoms with Gasteiger partial charge in [-0.05, 0) is 38.0 Å². The third-order valence-corrected chi connectivity index (χ3v) is 5.48. The molecule has 0 aliphatic carbocycles. The second kappa shape index (κ2) is 7.32. The Labute approximate surface area is 177 Å². The predicted molar refractivity (Wildman–Crippen MR) is 114 cm³/mol. The van der Waals surface area contributed by atoms with Crippen molar-refractivity contribution in [2.75, 3.05) is 17.2 Å². The first kappa shape index (κ1) is 18.9. The highest BCUT2D eigenvalue weighted by Crippen LogP contribution is 2.30. The summed E-state index contributed by atoms with van der Waals surface area (Å²) in [6.07, 6.45) is 5.81. The van der Waals surface area contributed by atoms with Gasteiger partial charge in [-0.2, -0.15) is 5.26 Å². The maximum absolute atomic E-state index is 14.5. The van der Waals surface area contributed by atoms with Gasteiger partial charge in [-0.15, -0.1) is 0 Å². The van der Waals surface area contributed by atoms with Crippen LogP contribution in [0, 0.1) is 31.0 Å². The molecule has 0 fully saturated rings. The van der Waals surface area contributed by atoms with Gasteiger partial charge in [0.15, 0.2) is 11.3 Å². The third kappa shape index (κ3) is 3.22. The Kier molecular flexibility index (Phi) is 4.47. The number of benzene rings is 1. The minimum atomic E-state index is -0.251. The van der Waals surface area contributed by atoms with Gasteiger partial charge in [0.1, 0.15) is 17.7 Å². The molecule has 3 aromatic heterocycles. The summed E-state index contributed by atoms with van der Waals surface area (Å²) in [7, 11) is 0. The number of anilines is 2. The molecular weight excluding hydrogens is 395 g/mol. The Morgan fingerprint density at radius 3 is 2.84 bits per heavy atom. The fourth-order valence-corrected chi connectivity index (χ4v) is 4.00. The van der Waals surface area contributed by atoms with Gasteiger partial charge in [0.05, 0.1) is 6.20 Å². The standard InChI is InChI=1S/C22H19FN8/c1-12-16(8-26-13(2)29-12)18-10-28-22(31-11-14(7-24)30-21(18)31)27-9-17-15-5-6-25-20(15)4-3-19(17)23/h3-4,8,10-11,25H,5-6,9H2,1-2H3,(H,27,28). The van der Waals surface area contributed by atoms with Crippen molar-refractivity contribution in [2.45, 2.75) is 26.8 Å². The van der Waals surface area contributed by atoms with Crippen LogP contribution in [-0.2, 0) is 13.0 Å². The molecule has 0 saturated heterocycles. The quantitative estimate of drug-likeness (QED) is 0.527. The summed E-state index contributed by atoms with van der Waals surface area (Å²) in [5.74, 6) is 0.900. The normalized spacial score (nSPS) is 12.5. The van der Waals surface area contributed by atoms with Crippen molar-refractivity contribution >= 4 is 17.3 Å². The van der Waals surface area contributed by atoms with Crippen LogP contribution in [0.4, 0.5) is 16.0 Å². The van der Waals surface area contributed by atoms with Crippen molar-refractivity contribution in [2.24, 2.45) is 0 Å². The van der Waals surface area contributed by atoms with Gasteiger partial charge in [-0.1, -0.05) is 0 Å². The number of rotatable bonds is 4. The number of halogens is 1. The van der Waals surface area contributed by atoms with E-state index < -0.39 is 0 Å². The maximum Gasteiger partial charge on any atom is 0.208 e. The lowest BCUT2D eigenvalue weighted by molar-refractivity contribution is 0.610. The molecule has 0 spiro atoms. The van der Waals surface area contributed by atoms with Crippen molar-refractivity contribution in [1.29, 1.82) is 5.26 Å². The molecule has 9 heteroatoms. The molecule has 1 aliphatic heterocycles. The highest BCUT2D eigenvalue weighted by Gasteiger charge is 2.19. The summed E-state index contributed by atoms with van der Waals surface area (Å²) in [5, 5.41) is 15.9. The number of imidazole rings is 1. The van der Waals surface area contributed by atoms with Crippen LogP contribution in [0.1, 0.15) is 28.3 Å². The van der Waals surface area contributed by atoms with Crippen LogP contribution >= 0.6 is 0 Å². The summed E-state index contributed by atoms with van der Waals surface area (Å²) in [5.41, 5.74) is 5.71. The van der Waals surface area contributed by atoms with E-state index in [0.29, 0.717) is 23.0 Å². The highest BCUT2D eigenvalue weighted by atomic mass is 19.1. The number of aromatic nitrogens is 5. The molecule has 0 bridgehead atoms. The van der Waals surface area contributed by atoms with Crippen molar-refractivity contribution in [3.05, 3.63) is 64.9 Å². The van der Waals surface area contributed by atoms with Crippen molar-refractivity contribution in [3.63, 3.8) is 0 Å². The number of fused-ring (bicyclic) bond motifs is 2. The number of nitrogens with zero attached hydrogens (tertiary/aromatic N) is 6. The van der Waals surface area contributed by atoms with E-state index in [2.05, 4.69) is 36.6 Å². The molecule has 0 unspecified atom stereocenters. The molecule has 0 radical (unpaired) electrons. The lowest BCUT2D eigenvalue weighted by atomic mass is 10.0. The maximum atomic E-state index is 14.5. The van der Waals surface area contributed by atoms with E-state index in [1.54, 1.807) is 29.1 Å². The molecule has 1 aromatic carbocycles. The zero-order valence-electron chi connectivity index (χ0n) is 17.1. The molecule has 2 N–H and O–H groups in total. The molecule has 5 rings (SSSR count). The van der Waals surface area contributed by atoms with Crippen LogP contribution in [-0.4, -0.2) is 30.9 Å². The Hall–Kier alpha value is -4.06. The van der Waals surface area contributed by atoms with Crippen molar-refractivity contribution < 1.29 is 4.39 Å². The van der Waals surface area contributed by atoms with Crippen molar-refractivity contribution in [3.8, 4) is 17.2 Å². The number of hydrogen-bond acceptors (Lipinski definition) is 7. The monoisotopic (exact) mass is 414 g/mol. The largest absolute Gasteiger partial charge is 0.384 e. The van der Waals surface area contributed by atoms with Gasteiger partial charge in [-0.25, -0.2) is 24.3 Å². The summed E-state index contributed by atoms with van der Waals surface area (Å²) in [6.45, 7) is 4.79. The zero-order chi connectivity index (χ0) is 21.5. The smallest absolute Gasteiger partial charge is 0.208 e. The van der Waals surface area contributed by atoms with E-state index in [-0.39, 0.29) is 18.1 Å². The topological polar surface area (TPSA) is 104 Å². The Bertz CT molecular complexity index is 1370. The number of hydrogen-bond donors (Lipinski definition) is 2. The molecule has 0 saturated carbocycles. The van der Waals surface area contributed by atoms with Gasteiger partial charge in [-0.3, -0.25) is 4.40 Å². The van der Waals surface area contributed by atoms with Crippen LogP contribution in [0.3, 0.4) is 0 Å². The Balaban J connectivity index is 1.56. The average Bonchev–Trinajstić information content (AvgIpc) is 3.40. The minimum absolute atomic E-state index is 0.251. The van der Waals surface area contributed by atoms with E-state index in [9.17, 15) is 9.65 Å². The van der Waals surface area contributed by atoms with Crippen LogP contribution in [0.15, 0.2) is 30.7 Å². The molecule has 4 aromatic rings. The highest BCUT2D eigenvalue weighted by molar-refractivity contribution is 5.79. The van der Waals surface area contributed by atoms with Crippen LogP contribution < -0.4 is 10.6 Å². The molecule has 4 heterocycles. The number of nitriles is 1. The molecule has 8 nitrogen and oxygen atoms in total. The molecule has 0 atom stereocenters. The molecule has 1 aliphatic rings.